The van der Waals surface area contributed by atoms with Crippen LogP contribution in [-0.4, -0.2) is 32.0 Å². The summed E-state index contributed by atoms with van der Waals surface area (Å²) in [5, 5.41) is 10.1. The predicted octanol–water partition coefficient (Wildman–Crippen LogP) is 7.31. The Hall–Kier alpha value is -4.68. The summed E-state index contributed by atoms with van der Waals surface area (Å²) in [6.45, 7) is 7.80. The Morgan fingerprint density at radius 1 is 0.814 bits per heavy atom. The lowest BCUT2D eigenvalue weighted by Gasteiger charge is -2.22. The first-order valence-electron chi connectivity index (χ1n) is 14.7. The lowest BCUT2D eigenvalue weighted by molar-refractivity contribution is -0.117. The summed E-state index contributed by atoms with van der Waals surface area (Å²) in [7, 11) is 1.85. The fourth-order valence-corrected chi connectivity index (χ4v) is 5.08. The Morgan fingerprint density at radius 3 is 2.16 bits per heavy atom. The molecule has 0 saturated heterocycles. The monoisotopic (exact) mass is 573 g/mol. The first-order valence-corrected chi connectivity index (χ1v) is 14.7. The molecule has 2 amide bonds. The third-order valence-electron chi connectivity index (χ3n) is 7.67. The van der Waals surface area contributed by atoms with E-state index in [9.17, 15) is 9.59 Å². The van der Waals surface area contributed by atoms with Crippen LogP contribution < -0.4 is 16.0 Å². The molecule has 0 radical (unpaired) electrons. The van der Waals surface area contributed by atoms with Crippen molar-refractivity contribution in [2.24, 2.45) is 0 Å². The number of anilines is 1. The Labute approximate surface area is 253 Å². The van der Waals surface area contributed by atoms with Crippen LogP contribution in [0.2, 0.25) is 0 Å². The highest BCUT2D eigenvalue weighted by molar-refractivity contribution is 5.96. The van der Waals surface area contributed by atoms with Gasteiger partial charge in [0.25, 0.3) is 5.91 Å². The van der Waals surface area contributed by atoms with Crippen molar-refractivity contribution in [1.82, 2.24) is 10.6 Å². The zero-order chi connectivity index (χ0) is 30.4. The van der Waals surface area contributed by atoms with Gasteiger partial charge in [0.15, 0.2) is 0 Å². The van der Waals surface area contributed by atoms with Crippen LogP contribution in [0.4, 0.5) is 5.69 Å². The molecule has 0 aliphatic heterocycles. The van der Waals surface area contributed by atoms with Gasteiger partial charge in [0.2, 0.25) is 5.91 Å². The van der Waals surface area contributed by atoms with Crippen LogP contribution >= 0.6 is 0 Å². The van der Waals surface area contributed by atoms with E-state index in [2.05, 4.69) is 61.0 Å². The first kappa shape index (κ1) is 29.8. The SMILES string of the molecule is CNCCNC(=O)c1ccc(CC(C(=O)Nc2ccc(-c3cc4ccccc4o3)cc2)c2ccc(C(C)(C)C)cc2)cc1. The van der Waals surface area contributed by atoms with Crippen LogP contribution in [0.25, 0.3) is 22.3 Å². The largest absolute Gasteiger partial charge is 0.456 e. The molecule has 3 N–H and O–H groups in total. The van der Waals surface area contributed by atoms with Crippen molar-refractivity contribution >= 4 is 28.5 Å². The minimum atomic E-state index is -0.417. The molecule has 5 aromatic rings. The van der Waals surface area contributed by atoms with Crippen LogP contribution in [0, 0.1) is 0 Å². The second-order valence-corrected chi connectivity index (χ2v) is 11.9. The molecule has 0 spiro atoms. The van der Waals surface area contributed by atoms with E-state index in [1.165, 1.54) is 5.56 Å². The van der Waals surface area contributed by atoms with E-state index >= 15 is 0 Å². The van der Waals surface area contributed by atoms with Crippen molar-refractivity contribution in [2.45, 2.75) is 38.5 Å². The predicted molar refractivity (Wildman–Crippen MR) is 175 cm³/mol. The van der Waals surface area contributed by atoms with Crippen molar-refractivity contribution in [3.8, 4) is 11.3 Å². The zero-order valence-corrected chi connectivity index (χ0v) is 25.2. The van der Waals surface area contributed by atoms with E-state index in [-0.39, 0.29) is 17.2 Å². The summed E-state index contributed by atoms with van der Waals surface area (Å²) < 4.78 is 6.00. The summed E-state index contributed by atoms with van der Waals surface area (Å²) in [5.41, 5.74) is 6.25. The second kappa shape index (κ2) is 13.1. The lowest BCUT2D eigenvalue weighted by atomic mass is 9.84. The van der Waals surface area contributed by atoms with Crippen molar-refractivity contribution in [2.75, 3.05) is 25.5 Å². The number of amides is 2. The molecule has 0 aliphatic carbocycles. The number of hydrogen-bond acceptors (Lipinski definition) is 4. The summed E-state index contributed by atoms with van der Waals surface area (Å²) in [4.78, 5) is 26.2. The average Bonchev–Trinajstić information content (AvgIpc) is 3.45. The molecule has 220 valence electrons. The Kier molecular flexibility index (Phi) is 9.07. The standard InChI is InChI=1S/C37H39N3O3/c1-37(2,3)30-17-13-26(14-18-30)32(23-25-9-11-28(12-10-25)35(41)39-22-21-38-4)36(42)40-31-19-15-27(16-20-31)34-24-29-7-5-6-8-33(29)43-34/h5-20,24,32,38H,21-23H2,1-4H3,(H,39,41)(H,40,42). The van der Waals surface area contributed by atoms with Gasteiger partial charge >= 0.3 is 0 Å². The third kappa shape index (κ3) is 7.40. The number of carbonyl (C=O) groups excluding carboxylic acids is 2. The highest BCUT2D eigenvalue weighted by Crippen LogP contribution is 2.30. The molecule has 4 aromatic carbocycles. The molecule has 5 rings (SSSR count). The van der Waals surface area contributed by atoms with E-state index in [0.717, 1.165) is 39.1 Å². The van der Waals surface area contributed by atoms with Gasteiger partial charge in [0.05, 0.1) is 5.92 Å². The minimum absolute atomic E-state index is 0.0153. The normalized spacial score (nSPS) is 12.2. The Bertz CT molecular complexity index is 1650. The van der Waals surface area contributed by atoms with Crippen LogP contribution in [-0.2, 0) is 16.6 Å². The molecular weight excluding hydrogens is 534 g/mol. The van der Waals surface area contributed by atoms with Crippen LogP contribution in [0.15, 0.2) is 108 Å². The van der Waals surface area contributed by atoms with Crippen LogP contribution in [0.5, 0.6) is 0 Å². The maximum atomic E-state index is 13.8. The summed E-state index contributed by atoms with van der Waals surface area (Å²) >= 11 is 0. The van der Waals surface area contributed by atoms with Gasteiger partial charge in [-0.25, -0.2) is 0 Å². The van der Waals surface area contributed by atoms with Gasteiger partial charge in [-0.2, -0.15) is 0 Å². The van der Waals surface area contributed by atoms with Crippen molar-refractivity contribution in [3.63, 3.8) is 0 Å². The van der Waals surface area contributed by atoms with Crippen molar-refractivity contribution in [3.05, 3.63) is 125 Å². The van der Waals surface area contributed by atoms with Crippen LogP contribution in [0.1, 0.15) is 53.7 Å². The van der Waals surface area contributed by atoms with E-state index in [4.69, 9.17) is 4.42 Å². The van der Waals surface area contributed by atoms with Gasteiger partial charge < -0.3 is 20.4 Å². The molecule has 0 bridgehead atoms. The van der Waals surface area contributed by atoms with Gasteiger partial charge in [-0.15, -0.1) is 0 Å². The number of hydrogen-bond donors (Lipinski definition) is 3. The fraction of sp³-hybridized carbons (Fsp3) is 0.243. The summed E-state index contributed by atoms with van der Waals surface area (Å²) in [6, 6.07) is 33.5. The molecule has 1 aromatic heterocycles. The summed E-state index contributed by atoms with van der Waals surface area (Å²) in [6.07, 6.45) is 0.499. The molecule has 0 fully saturated rings. The van der Waals surface area contributed by atoms with Gasteiger partial charge in [0.1, 0.15) is 11.3 Å². The fourth-order valence-electron chi connectivity index (χ4n) is 5.08. The molecule has 6 nitrogen and oxygen atoms in total. The Morgan fingerprint density at radius 2 is 1.51 bits per heavy atom. The quantitative estimate of drug-likeness (QED) is 0.153. The third-order valence-corrected chi connectivity index (χ3v) is 7.67. The zero-order valence-electron chi connectivity index (χ0n) is 25.2. The number of furan rings is 1. The molecule has 1 atom stereocenters. The van der Waals surface area contributed by atoms with E-state index in [1.807, 2.05) is 85.9 Å². The molecular formula is C37H39N3O3. The van der Waals surface area contributed by atoms with E-state index in [0.29, 0.717) is 25.1 Å². The maximum Gasteiger partial charge on any atom is 0.251 e. The number of para-hydroxylation sites is 1. The van der Waals surface area contributed by atoms with Crippen LogP contribution in [0.3, 0.4) is 0 Å². The molecule has 1 unspecified atom stereocenters. The molecule has 0 aliphatic rings. The van der Waals surface area contributed by atoms with Crippen molar-refractivity contribution in [1.29, 1.82) is 0 Å². The number of likely N-dealkylation sites (N-methyl/N-ethyl adjacent to an activating group) is 1. The summed E-state index contributed by atoms with van der Waals surface area (Å²) in [5.74, 6) is 0.170. The highest BCUT2D eigenvalue weighted by atomic mass is 16.3. The highest BCUT2D eigenvalue weighted by Gasteiger charge is 2.23. The molecule has 6 heteroatoms. The lowest BCUT2D eigenvalue weighted by Crippen LogP contribution is -2.30. The number of nitrogens with one attached hydrogen (secondary N) is 3. The topological polar surface area (TPSA) is 83.4 Å². The van der Waals surface area contributed by atoms with E-state index < -0.39 is 5.92 Å². The van der Waals surface area contributed by atoms with Crippen molar-refractivity contribution < 1.29 is 14.0 Å². The molecule has 1 heterocycles. The molecule has 43 heavy (non-hydrogen) atoms. The van der Waals surface area contributed by atoms with Gasteiger partial charge in [-0.1, -0.05) is 75.4 Å². The van der Waals surface area contributed by atoms with Gasteiger partial charge in [-0.05, 0) is 84.1 Å². The average molecular weight is 574 g/mol. The first-order chi connectivity index (χ1) is 20.7. The Balaban J connectivity index is 1.34. The second-order valence-electron chi connectivity index (χ2n) is 11.9. The molecule has 0 saturated carbocycles. The minimum Gasteiger partial charge on any atom is -0.456 e. The van der Waals surface area contributed by atoms with E-state index in [1.54, 1.807) is 0 Å². The van der Waals surface area contributed by atoms with Gasteiger partial charge in [-0.3, -0.25) is 9.59 Å². The maximum absolute atomic E-state index is 13.8. The number of benzene rings is 4. The van der Waals surface area contributed by atoms with Gasteiger partial charge in [0, 0.05) is 35.3 Å². The smallest absolute Gasteiger partial charge is 0.251 e. The number of carbonyl (C=O) groups is 2. The number of fused-ring (bicyclic) bond motifs is 1. The number of rotatable bonds is 10.